The van der Waals surface area contributed by atoms with E-state index in [1.165, 1.54) is 7.11 Å². The molecule has 0 N–H and O–H groups in total. The second kappa shape index (κ2) is 3.56. The van der Waals surface area contributed by atoms with Crippen LogP contribution in [0, 0.1) is 0 Å². The number of carbonyl (C=O) groups excluding carboxylic acids is 1. The third kappa shape index (κ3) is 1.39. The number of rotatable bonds is 3. The van der Waals surface area contributed by atoms with Crippen molar-refractivity contribution in [3.63, 3.8) is 0 Å². The van der Waals surface area contributed by atoms with Crippen LogP contribution < -0.4 is 4.74 Å². The van der Waals surface area contributed by atoms with Gasteiger partial charge in [0, 0.05) is 7.05 Å². The third-order valence-electron chi connectivity index (χ3n) is 2.18. The monoisotopic (exact) mass is 207 g/mol. The summed E-state index contributed by atoms with van der Waals surface area (Å²) in [5.41, 5.74) is 1.75. The Morgan fingerprint density at radius 3 is 2.87 bits per heavy atom. The van der Waals surface area contributed by atoms with Gasteiger partial charge in [-0.1, -0.05) is 0 Å². The molecule has 6 heteroatoms. The van der Waals surface area contributed by atoms with E-state index in [4.69, 9.17) is 4.74 Å². The van der Waals surface area contributed by atoms with Gasteiger partial charge in [0.05, 0.1) is 18.5 Å². The van der Waals surface area contributed by atoms with Gasteiger partial charge in [0.15, 0.2) is 12.0 Å². The van der Waals surface area contributed by atoms with Gasteiger partial charge in [0.2, 0.25) is 0 Å². The maximum Gasteiger partial charge on any atom is 0.285 e. The largest absolute Gasteiger partial charge is 0.477 e. The first kappa shape index (κ1) is 9.45. The molecule has 0 aliphatic heterocycles. The normalized spacial score (nSPS) is 10.3. The van der Waals surface area contributed by atoms with Crippen LogP contribution >= 0.6 is 0 Å². The van der Waals surface area contributed by atoms with E-state index in [2.05, 4.69) is 14.9 Å². The van der Waals surface area contributed by atoms with E-state index in [1.54, 1.807) is 23.7 Å². The van der Waals surface area contributed by atoms with Crippen molar-refractivity contribution in [2.75, 3.05) is 7.11 Å². The second-order valence-electron chi connectivity index (χ2n) is 2.94. The fraction of sp³-hybridized carbons (Fsp3) is 0.222. The third-order valence-corrected chi connectivity index (χ3v) is 2.18. The molecule has 2 heterocycles. The molecule has 2 aromatic heterocycles. The SMILES string of the molecule is COc1nonc1-c1ccc(C=O)n1C. The zero-order chi connectivity index (χ0) is 10.8. The smallest absolute Gasteiger partial charge is 0.285 e. The first-order valence-electron chi connectivity index (χ1n) is 4.25. The molecule has 0 aliphatic rings. The van der Waals surface area contributed by atoms with Gasteiger partial charge in [0.25, 0.3) is 5.88 Å². The lowest BCUT2D eigenvalue weighted by molar-refractivity contribution is 0.111. The average Bonchev–Trinajstić information content (AvgIpc) is 2.83. The van der Waals surface area contributed by atoms with Crippen LogP contribution in [0.5, 0.6) is 5.88 Å². The molecule has 0 amide bonds. The lowest BCUT2D eigenvalue weighted by Gasteiger charge is -2.01. The highest BCUT2D eigenvalue weighted by Gasteiger charge is 2.16. The number of aromatic nitrogens is 3. The topological polar surface area (TPSA) is 70.2 Å². The quantitative estimate of drug-likeness (QED) is 0.699. The van der Waals surface area contributed by atoms with E-state index >= 15 is 0 Å². The highest BCUT2D eigenvalue weighted by atomic mass is 16.6. The van der Waals surface area contributed by atoms with Crippen LogP contribution in [0.4, 0.5) is 0 Å². The summed E-state index contributed by atoms with van der Waals surface area (Å²) >= 11 is 0. The van der Waals surface area contributed by atoms with Gasteiger partial charge in [-0.25, -0.2) is 4.63 Å². The van der Waals surface area contributed by atoms with Crippen LogP contribution in [0.2, 0.25) is 0 Å². The lowest BCUT2D eigenvalue weighted by atomic mass is 10.3. The van der Waals surface area contributed by atoms with E-state index in [9.17, 15) is 4.79 Å². The van der Waals surface area contributed by atoms with Crippen molar-refractivity contribution in [3.05, 3.63) is 17.8 Å². The minimum atomic E-state index is 0.300. The Morgan fingerprint density at radius 1 is 1.47 bits per heavy atom. The minimum Gasteiger partial charge on any atom is -0.477 e. The molecule has 0 aliphatic carbocycles. The summed E-state index contributed by atoms with van der Waals surface area (Å²) < 4.78 is 11.2. The predicted molar refractivity (Wildman–Crippen MR) is 50.6 cm³/mol. The highest BCUT2D eigenvalue weighted by Crippen LogP contribution is 2.26. The van der Waals surface area contributed by atoms with E-state index in [0.717, 1.165) is 12.0 Å². The zero-order valence-electron chi connectivity index (χ0n) is 8.30. The molecule has 2 aromatic rings. The molecule has 0 atom stereocenters. The van der Waals surface area contributed by atoms with Crippen molar-refractivity contribution >= 4 is 6.29 Å². The summed E-state index contributed by atoms with van der Waals surface area (Å²) in [6.45, 7) is 0. The fourth-order valence-corrected chi connectivity index (χ4v) is 1.35. The number of ether oxygens (including phenoxy) is 1. The van der Waals surface area contributed by atoms with Crippen molar-refractivity contribution in [2.45, 2.75) is 0 Å². The van der Waals surface area contributed by atoms with Gasteiger partial charge in [-0.3, -0.25) is 4.79 Å². The number of hydrogen-bond acceptors (Lipinski definition) is 5. The van der Waals surface area contributed by atoms with Crippen molar-refractivity contribution in [2.24, 2.45) is 7.05 Å². The van der Waals surface area contributed by atoms with E-state index < -0.39 is 0 Å². The second-order valence-corrected chi connectivity index (χ2v) is 2.94. The molecular weight excluding hydrogens is 198 g/mol. The number of nitrogens with zero attached hydrogens (tertiary/aromatic N) is 3. The van der Waals surface area contributed by atoms with Gasteiger partial charge < -0.3 is 9.30 Å². The minimum absolute atomic E-state index is 0.300. The van der Waals surface area contributed by atoms with Gasteiger partial charge >= 0.3 is 0 Å². The zero-order valence-corrected chi connectivity index (χ0v) is 8.30. The molecule has 0 saturated carbocycles. The molecular formula is C9H9N3O3. The Bertz CT molecular complexity index is 487. The molecule has 78 valence electrons. The van der Waals surface area contributed by atoms with Gasteiger partial charge in [-0.2, -0.15) is 0 Å². The molecule has 0 bridgehead atoms. The molecule has 0 spiro atoms. The maximum absolute atomic E-state index is 10.7. The maximum atomic E-state index is 10.7. The van der Waals surface area contributed by atoms with Crippen LogP contribution in [0.15, 0.2) is 16.8 Å². The lowest BCUT2D eigenvalue weighted by Crippen LogP contribution is -1.97. The number of hydrogen-bond donors (Lipinski definition) is 0. The molecule has 6 nitrogen and oxygen atoms in total. The summed E-state index contributed by atoms with van der Waals surface area (Å²) in [7, 11) is 3.24. The van der Waals surface area contributed by atoms with Gasteiger partial charge in [-0.05, 0) is 22.4 Å². The van der Waals surface area contributed by atoms with Gasteiger partial charge in [-0.15, -0.1) is 0 Å². The number of methoxy groups -OCH3 is 1. The predicted octanol–water partition coefficient (Wildman–Crippen LogP) is 0.896. The fourth-order valence-electron chi connectivity index (χ4n) is 1.35. The van der Waals surface area contributed by atoms with Crippen LogP contribution in [0.3, 0.4) is 0 Å². The van der Waals surface area contributed by atoms with Gasteiger partial charge in [0.1, 0.15) is 0 Å². The van der Waals surface area contributed by atoms with Crippen molar-refractivity contribution in [3.8, 4) is 17.3 Å². The van der Waals surface area contributed by atoms with Crippen LogP contribution in [-0.2, 0) is 7.05 Å². The van der Waals surface area contributed by atoms with Crippen molar-refractivity contribution in [1.29, 1.82) is 0 Å². The molecule has 0 aromatic carbocycles. The van der Waals surface area contributed by atoms with E-state index in [0.29, 0.717) is 17.3 Å². The summed E-state index contributed by atoms with van der Waals surface area (Å²) in [4.78, 5) is 10.7. The van der Waals surface area contributed by atoms with Crippen molar-refractivity contribution in [1.82, 2.24) is 14.9 Å². The Hall–Kier alpha value is -2.11. The van der Waals surface area contributed by atoms with Crippen LogP contribution in [0.1, 0.15) is 10.5 Å². The Morgan fingerprint density at radius 2 is 2.27 bits per heavy atom. The Labute approximate surface area is 85.4 Å². The number of aldehydes is 1. The molecule has 2 rings (SSSR count). The first-order chi connectivity index (χ1) is 7.27. The Kier molecular flexibility index (Phi) is 2.24. The average molecular weight is 207 g/mol. The molecule has 0 saturated heterocycles. The Balaban J connectivity index is 2.54. The summed E-state index contributed by atoms with van der Waals surface area (Å²) in [5.74, 6) is 0.300. The molecule has 0 radical (unpaired) electrons. The summed E-state index contributed by atoms with van der Waals surface area (Å²) in [6.07, 6.45) is 0.767. The highest BCUT2D eigenvalue weighted by molar-refractivity contribution is 5.76. The first-order valence-corrected chi connectivity index (χ1v) is 4.25. The molecule has 0 fully saturated rings. The van der Waals surface area contributed by atoms with E-state index in [-0.39, 0.29) is 0 Å². The number of carbonyl (C=O) groups is 1. The molecule has 0 unspecified atom stereocenters. The van der Waals surface area contributed by atoms with E-state index in [1.807, 2.05) is 0 Å². The summed E-state index contributed by atoms with van der Waals surface area (Å²) in [5, 5.41) is 7.30. The van der Waals surface area contributed by atoms with Crippen molar-refractivity contribution < 1.29 is 14.2 Å². The standard InChI is InChI=1S/C9H9N3O3/c1-12-6(5-13)3-4-7(12)8-9(14-2)11-15-10-8/h3-5H,1-2H3. The van der Waals surface area contributed by atoms with Crippen LogP contribution in [0.25, 0.3) is 11.4 Å². The summed E-state index contributed by atoms with van der Waals surface area (Å²) in [6, 6.07) is 3.45. The molecule has 15 heavy (non-hydrogen) atoms. The van der Waals surface area contributed by atoms with Crippen LogP contribution in [-0.4, -0.2) is 28.3 Å².